The molecule has 1 aliphatic heterocycles. The van der Waals surface area contributed by atoms with Gasteiger partial charge < -0.3 is 24.4 Å². The van der Waals surface area contributed by atoms with Crippen LogP contribution >= 0.6 is 11.6 Å². The molecule has 1 saturated heterocycles. The van der Waals surface area contributed by atoms with Gasteiger partial charge in [-0.25, -0.2) is 0 Å². The monoisotopic (exact) mass is 472 g/mol. The number of aliphatic hydroxyl groups excluding tert-OH is 1. The van der Waals surface area contributed by atoms with Crippen LogP contribution in [0.1, 0.15) is 31.0 Å². The molecule has 1 aliphatic rings. The van der Waals surface area contributed by atoms with Crippen molar-refractivity contribution >= 4 is 29.1 Å². The molecule has 2 aromatic rings. The van der Waals surface area contributed by atoms with Crippen molar-refractivity contribution in [2.75, 3.05) is 40.4 Å². The third kappa shape index (κ3) is 4.99. The molecule has 1 atom stereocenters. The molecule has 1 heterocycles. The van der Waals surface area contributed by atoms with Crippen molar-refractivity contribution in [1.82, 2.24) is 9.80 Å². The molecule has 2 aromatic carbocycles. The molecule has 176 valence electrons. The largest absolute Gasteiger partial charge is 0.507 e. The predicted octanol–water partition coefficient (Wildman–Crippen LogP) is 4.12. The van der Waals surface area contributed by atoms with Gasteiger partial charge in [-0.3, -0.25) is 9.59 Å². The molecule has 1 amide bonds. The topological polar surface area (TPSA) is 79.3 Å². The molecule has 0 bridgehead atoms. The Kier molecular flexibility index (Phi) is 8.00. The maximum Gasteiger partial charge on any atom is 0.295 e. The molecular formula is C25H29ClN2O5. The number of amides is 1. The number of methoxy groups -OCH3 is 2. The Morgan fingerprint density at radius 2 is 1.73 bits per heavy atom. The number of carbonyl (C=O) groups excluding carboxylic acids is 2. The molecule has 1 fully saturated rings. The molecule has 0 aliphatic carbocycles. The van der Waals surface area contributed by atoms with Crippen LogP contribution in [0.15, 0.2) is 48.0 Å². The van der Waals surface area contributed by atoms with Crippen molar-refractivity contribution < 1.29 is 24.2 Å². The zero-order chi connectivity index (χ0) is 24.1. The molecule has 0 saturated carbocycles. The highest BCUT2D eigenvalue weighted by Gasteiger charge is 2.47. The number of likely N-dealkylation sites (N-methyl/N-ethyl adjacent to an activating group) is 1. The molecule has 0 spiro atoms. The van der Waals surface area contributed by atoms with E-state index < -0.39 is 17.7 Å². The third-order valence-corrected chi connectivity index (χ3v) is 6.20. The van der Waals surface area contributed by atoms with Crippen LogP contribution in [0.25, 0.3) is 5.76 Å². The second-order valence-corrected chi connectivity index (χ2v) is 8.07. The van der Waals surface area contributed by atoms with Crippen LogP contribution in [0.2, 0.25) is 5.02 Å². The zero-order valence-corrected chi connectivity index (χ0v) is 20.1. The van der Waals surface area contributed by atoms with Crippen LogP contribution in [0.5, 0.6) is 11.5 Å². The number of halogens is 1. The molecule has 7 nitrogen and oxygen atoms in total. The van der Waals surface area contributed by atoms with Crippen molar-refractivity contribution in [3.05, 3.63) is 64.2 Å². The van der Waals surface area contributed by atoms with Gasteiger partial charge in [0, 0.05) is 35.3 Å². The van der Waals surface area contributed by atoms with Gasteiger partial charge in [-0.05, 0) is 49.5 Å². The Balaban J connectivity index is 2.17. The summed E-state index contributed by atoms with van der Waals surface area (Å²) < 4.78 is 10.9. The van der Waals surface area contributed by atoms with Gasteiger partial charge in [-0.1, -0.05) is 25.4 Å². The summed E-state index contributed by atoms with van der Waals surface area (Å²) >= 11 is 5.98. The fourth-order valence-corrected chi connectivity index (χ4v) is 4.16. The van der Waals surface area contributed by atoms with Crippen LogP contribution in [0, 0.1) is 0 Å². The summed E-state index contributed by atoms with van der Waals surface area (Å²) in [4.78, 5) is 30.0. The SMILES string of the molecule is CCN(CC)CCN1C(=O)C(=O)/C(=C(/O)c2ccc(Cl)cc2)[C@@H]1c1ccc(OC)cc1OC. The lowest BCUT2D eigenvalue weighted by Crippen LogP contribution is -2.38. The van der Waals surface area contributed by atoms with E-state index in [1.165, 1.54) is 12.0 Å². The number of carbonyl (C=O) groups is 2. The number of hydrogen-bond acceptors (Lipinski definition) is 6. The van der Waals surface area contributed by atoms with E-state index in [9.17, 15) is 14.7 Å². The van der Waals surface area contributed by atoms with Crippen LogP contribution in [0.3, 0.4) is 0 Å². The van der Waals surface area contributed by atoms with E-state index in [0.717, 1.165) is 13.1 Å². The minimum Gasteiger partial charge on any atom is -0.507 e. The smallest absolute Gasteiger partial charge is 0.295 e. The van der Waals surface area contributed by atoms with Gasteiger partial charge >= 0.3 is 0 Å². The summed E-state index contributed by atoms with van der Waals surface area (Å²) in [6, 6.07) is 10.9. The normalized spacial score (nSPS) is 17.6. The average molecular weight is 473 g/mol. The molecule has 33 heavy (non-hydrogen) atoms. The Morgan fingerprint density at radius 1 is 1.06 bits per heavy atom. The second kappa shape index (κ2) is 10.7. The summed E-state index contributed by atoms with van der Waals surface area (Å²) in [7, 11) is 3.06. The number of benzene rings is 2. The first-order valence-electron chi connectivity index (χ1n) is 10.8. The van der Waals surface area contributed by atoms with Gasteiger partial charge in [0.1, 0.15) is 17.3 Å². The fraction of sp³-hybridized carbons (Fsp3) is 0.360. The summed E-state index contributed by atoms with van der Waals surface area (Å²) in [6.07, 6.45) is 0. The number of Topliss-reactive ketones (excluding diaryl/α,β-unsaturated/α-hetero) is 1. The van der Waals surface area contributed by atoms with E-state index in [0.29, 0.717) is 40.7 Å². The minimum absolute atomic E-state index is 0.0188. The van der Waals surface area contributed by atoms with Gasteiger partial charge in [0.15, 0.2) is 0 Å². The number of rotatable bonds is 9. The minimum atomic E-state index is -0.808. The Labute approximate surface area is 199 Å². The molecular weight excluding hydrogens is 444 g/mol. The first kappa shape index (κ1) is 24.6. The average Bonchev–Trinajstić information content (AvgIpc) is 3.09. The zero-order valence-electron chi connectivity index (χ0n) is 19.3. The van der Waals surface area contributed by atoms with Crippen LogP contribution in [0.4, 0.5) is 0 Å². The summed E-state index contributed by atoms with van der Waals surface area (Å²) in [5.41, 5.74) is 1.01. The van der Waals surface area contributed by atoms with Crippen molar-refractivity contribution in [3.63, 3.8) is 0 Å². The van der Waals surface area contributed by atoms with E-state index in [1.54, 1.807) is 49.6 Å². The van der Waals surface area contributed by atoms with E-state index in [4.69, 9.17) is 21.1 Å². The van der Waals surface area contributed by atoms with E-state index >= 15 is 0 Å². The first-order valence-corrected chi connectivity index (χ1v) is 11.2. The van der Waals surface area contributed by atoms with Crippen LogP contribution in [-0.4, -0.2) is 67.0 Å². The highest BCUT2D eigenvalue weighted by molar-refractivity contribution is 6.46. The first-order chi connectivity index (χ1) is 15.9. The number of aliphatic hydroxyl groups is 1. The van der Waals surface area contributed by atoms with Gasteiger partial charge in [0.25, 0.3) is 11.7 Å². The third-order valence-electron chi connectivity index (χ3n) is 5.94. The quantitative estimate of drug-likeness (QED) is 0.336. The van der Waals surface area contributed by atoms with Gasteiger partial charge in [0.05, 0.1) is 25.8 Å². The summed E-state index contributed by atoms with van der Waals surface area (Å²) in [5.74, 6) is -0.604. The number of ether oxygens (including phenoxy) is 2. The van der Waals surface area contributed by atoms with Crippen molar-refractivity contribution in [1.29, 1.82) is 0 Å². The number of nitrogens with zero attached hydrogens (tertiary/aromatic N) is 2. The molecule has 1 N–H and O–H groups in total. The van der Waals surface area contributed by atoms with Crippen LogP contribution in [-0.2, 0) is 9.59 Å². The molecule has 8 heteroatoms. The molecule has 0 unspecified atom stereocenters. The molecule has 0 aromatic heterocycles. The van der Waals surface area contributed by atoms with Gasteiger partial charge in [0.2, 0.25) is 0 Å². The maximum atomic E-state index is 13.2. The maximum absolute atomic E-state index is 13.2. The van der Waals surface area contributed by atoms with Gasteiger partial charge in [-0.2, -0.15) is 0 Å². The lowest BCUT2D eigenvalue weighted by molar-refractivity contribution is -0.140. The Hall–Kier alpha value is -3.03. The number of ketones is 1. The van der Waals surface area contributed by atoms with Crippen molar-refractivity contribution in [3.8, 4) is 11.5 Å². The lowest BCUT2D eigenvalue weighted by atomic mass is 9.94. The van der Waals surface area contributed by atoms with E-state index in [2.05, 4.69) is 4.90 Å². The summed E-state index contributed by atoms with van der Waals surface area (Å²) in [6.45, 7) is 6.65. The Morgan fingerprint density at radius 3 is 2.30 bits per heavy atom. The fourth-order valence-electron chi connectivity index (χ4n) is 4.03. The van der Waals surface area contributed by atoms with Crippen molar-refractivity contribution in [2.24, 2.45) is 0 Å². The molecule has 0 radical (unpaired) electrons. The number of likely N-dealkylation sites (tertiary alicyclic amines) is 1. The predicted molar refractivity (Wildman–Crippen MR) is 128 cm³/mol. The van der Waals surface area contributed by atoms with Gasteiger partial charge in [-0.15, -0.1) is 0 Å². The number of hydrogen-bond donors (Lipinski definition) is 1. The Bertz CT molecular complexity index is 1050. The standard InChI is InChI=1S/C25H29ClN2O5/c1-5-27(6-2)13-14-28-22(19-12-11-18(32-3)15-20(19)33-4)21(24(30)25(28)31)23(29)16-7-9-17(26)10-8-16/h7-12,15,22,29H,5-6,13-14H2,1-4H3/b23-21+/t22-/m0/s1. The highest BCUT2D eigenvalue weighted by Crippen LogP contribution is 2.43. The summed E-state index contributed by atoms with van der Waals surface area (Å²) in [5, 5.41) is 11.6. The van der Waals surface area contributed by atoms with Crippen molar-refractivity contribution in [2.45, 2.75) is 19.9 Å². The highest BCUT2D eigenvalue weighted by atomic mass is 35.5. The molecule has 3 rings (SSSR count). The van der Waals surface area contributed by atoms with E-state index in [-0.39, 0.29) is 11.3 Å². The van der Waals surface area contributed by atoms with E-state index in [1.807, 2.05) is 13.8 Å². The van der Waals surface area contributed by atoms with Crippen LogP contribution < -0.4 is 9.47 Å². The lowest BCUT2D eigenvalue weighted by Gasteiger charge is -2.29. The second-order valence-electron chi connectivity index (χ2n) is 7.63.